The number of imide groups is 1. The maximum absolute atomic E-state index is 12.9. The zero-order chi connectivity index (χ0) is 20.6. The van der Waals surface area contributed by atoms with Crippen LogP contribution in [0, 0.1) is 0 Å². The van der Waals surface area contributed by atoms with Crippen molar-refractivity contribution in [1.82, 2.24) is 0 Å². The molecule has 0 saturated heterocycles. The molecule has 5 nitrogen and oxygen atoms in total. The molecule has 0 radical (unpaired) electrons. The number of alkyl halides is 3. The fourth-order valence-electron chi connectivity index (χ4n) is 2.58. The van der Waals surface area contributed by atoms with Gasteiger partial charge in [-0.2, -0.15) is 13.2 Å². The summed E-state index contributed by atoms with van der Waals surface area (Å²) in [4.78, 5) is 25.7. The molecule has 2 amide bonds. The number of ether oxygens (including phenoxy) is 1. The van der Waals surface area contributed by atoms with Crippen LogP contribution in [0.4, 0.5) is 24.5 Å². The lowest BCUT2D eigenvalue weighted by Crippen LogP contribution is -2.32. The van der Waals surface area contributed by atoms with E-state index in [0.29, 0.717) is 21.7 Å². The van der Waals surface area contributed by atoms with Gasteiger partial charge in [0, 0.05) is 5.02 Å². The Kier molecular flexibility index (Phi) is 5.27. The predicted octanol–water partition coefficient (Wildman–Crippen LogP) is 4.80. The molecule has 0 spiro atoms. The highest BCUT2D eigenvalue weighted by Crippen LogP contribution is 2.36. The van der Waals surface area contributed by atoms with Gasteiger partial charge in [-0.25, -0.2) is 4.90 Å². The van der Waals surface area contributed by atoms with E-state index in [2.05, 4.69) is 5.32 Å². The van der Waals surface area contributed by atoms with Crippen LogP contribution in [0.3, 0.4) is 0 Å². The molecule has 10 heteroatoms. The normalized spacial score (nSPS) is 14.7. The number of nitrogens with zero attached hydrogens (tertiary/aromatic N) is 1. The highest BCUT2D eigenvalue weighted by Gasteiger charge is 2.40. The first-order valence-corrected chi connectivity index (χ1v) is 8.45. The molecular formula is C18H11Cl2F3N2O3. The van der Waals surface area contributed by atoms with Crippen molar-refractivity contribution in [2.45, 2.75) is 6.18 Å². The lowest BCUT2D eigenvalue weighted by Gasteiger charge is -2.17. The summed E-state index contributed by atoms with van der Waals surface area (Å²) in [6.45, 7) is 0. The van der Waals surface area contributed by atoms with Crippen LogP contribution in [0.15, 0.2) is 53.2 Å². The van der Waals surface area contributed by atoms with Crippen molar-refractivity contribution in [3.05, 3.63) is 63.8 Å². The van der Waals surface area contributed by atoms with Gasteiger partial charge in [-0.05, 0) is 36.4 Å². The Morgan fingerprint density at radius 1 is 1.04 bits per heavy atom. The van der Waals surface area contributed by atoms with Gasteiger partial charge in [0.05, 0.1) is 24.0 Å². The van der Waals surface area contributed by atoms with Crippen molar-refractivity contribution < 1.29 is 27.5 Å². The number of carbonyl (C=O) groups is 2. The van der Waals surface area contributed by atoms with Gasteiger partial charge >= 0.3 is 6.18 Å². The maximum Gasteiger partial charge on any atom is 0.416 e. The molecule has 2 aromatic rings. The summed E-state index contributed by atoms with van der Waals surface area (Å²) in [5.74, 6) is -1.54. The molecule has 0 aromatic heterocycles. The van der Waals surface area contributed by atoms with E-state index in [1.165, 1.54) is 25.3 Å². The van der Waals surface area contributed by atoms with E-state index in [1.807, 2.05) is 0 Å². The molecule has 1 aliphatic heterocycles. The number of benzene rings is 2. The smallest absolute Gasteiger partial charge is 0.416 e. The fourth-order valence-corrected chi connectivity index (χ4v) is 2.96. The molecule has 0 fully saturated rings. The van der Waals surface area contributed by atoms with E-state index in [0.717, 1.165) is 12.1 Å². The minimum absolute atomic E-state index is 0.252. The van der Waals surface area contributed by atoms with Crippen LogP contribution in [0.5, 0.6) is 5.75 Å². The molecule has 3 rings (SSSR count). The third-order valence-corrected chi connectivity index (χ3v) is 4.47. The van der Waals surface area contributed by atoms with Gasteiger partial charge in [-0.3, -0.25) is 9.59 Å². The maximum atomic E-state index is 12.9. The molecule has 1 aliphatic rings. The molecule has 2 aromatic carbocycles. The number of hydrogen-bond donors (Lipinski definition) is 1. The van der Waals surface area contributed by atoms with Crippen molar-refractivity contribution in [3.63, 3.8) is 0 Å². The molecule has 28 heavy (non-hydrogen) atoms. The van der Waals surface area contributed by atoms with E-state index >= 15 is 0 Å². The highest BCUT2D eigenvalue weighted by atomic mass is 35.5. The van der Waals surface area contributed by atoms with E-state index in [4.69, 9.17) is 27.9 Å². The zero-order valence-corrected chi connectivity index (χ0v) is 15.6. The van der Waals surface area contributed by atoms with Crippen molar-refractivity contribution in [3.8, 4) is 5.75 Å². The average molecular weight is 431 g/mol. The molecule has 0 saturated carbocycles. The highest BCUT2D eigenvalue weighted by molar-refractivity contribution is 6.53. The van der Waals surface area contributed by atoms with Crippen LogP contribution in [-0.2, 0) is 15.8 Å². The molecule has 0 aliphatic carbocycles. The van der Waals surface area contributed by atoms with Gasteiger partial charge in [-0.1, -0.05) is 29.3 Å². The molecule has 1 N–H and O–H groups in total. The number of halogens is 5. The first-order valence-electron chi connectivity index (χ1n) is 7.70. The van der Waals surface area contributed by atoms with Crippen LogP contribution in [0.2, 0.25) is 5.02 Å². The topological polar surface area (TPSA) is 58.6 Å². The van der Waals surface area contributed by atoms with Crippen LogP contribution in [0.25, 0.3) is 0 Å². The molecule has 0 bridgehead atoms. The van der Waals surface area contributed by atoms with E-state index < -0.39 is 28.6 Å². The Labute approximate surface area is 167 Å². The SMILES string of the molecule is COc1ccc(Cl)cc1NC1=C(Cl)C(=O)N(c2cccc(C(F)(F)F)c2)C1=O. The average Bonchev–Trinajstić information content (AvgIpc) is 2.85. The van der Waals surface area contributed by atoms with Gasteiger partial charge < -0.3 is 10.1 Å². The largest absolute Gasteiger partial charge is 0.495 e. The van der Waals surface area contributed by atoms with Crippen LogP contribution < -0.4 is 15.0 Å². The quantitative estimate of drug-likeness (QED) is 0.707. The second-order valence-electron chi connectivity index (χ2n) is 5.65. The Bertz CT molecular complexity index is 1010. The van der Waals surface area contributed by atoms with Gasteiger partial charge in [0.1, 0.15) is 16.5 Å². The first kappa shape index (κ1) is 20.0. The summed E-state index contributed by atoms with van der Waals surface area (Å²) in [6, 6.07) is 8.36. The number of amides is 2. The summed E-state index contributed by atoms with van der Waals surface area (Å²) in [5.41, 5.74) is -1.29. The Hall–Kier alpha value is -2.71. The Morgan fingerprint density at radius 3 is 2.39 bits per heavy atom. The summed E-state index contributed by atoms with van der Waals surface area (Å²) in [6.07, 6.45) is -4.63. The number of carbonyl (C=O) groups excluding carboxylic acids is 2. The summed E-state index contributed by atoms with van der Waals surface area (Å²) in [7, 11) is 1.39. The number of nitrogens with one attached hydrogen (secondary N) is 1. The molecule has 0 atom stereocenters. The van der Waals surface area contributed by atoms with Gasteiger partial charge in [0.15, 0.2) is 0 Å². The van der Waals surface area contributed by atoms with Crippen molar-refractivity contribution in [2.24, 2.45) is 0 Å². The van der Waals surface area contributed by atoms with Gasteiger partial charge in [0.2, 0.25) is 0 Å². The van der Waals surface area contributed by atoms with Crippen LogP contribution in [-0.4, -0.2) is 18.9 Å². The first-order chi connectivity index (χ1) is 13.1. The van der Waals surface area contributed by atoms with Crippen molar-refractivity contribution in [1.29, 1.82) is 0 Å². The van der Waals surface area contributed by atoms with Gasteiger partial charge in [-0.15, -0.1) is 0 Å². The molecule has 0 unspecified atom stereocenters. The van der Waals surface area contributed by atoms with Crippen molar-refractivity contribution >= 4 is 46.4 Å². The monoisotopic (exact) mass is 430 g/mol. The van der Waals surface area contributed by atoms with Crippen LogP contribution >= 0.6 is 23.2 Å². The molecular weight excluding hydrogens is 420 g/mol. The number of methoxy groups -OCH3 is 1. The summed E-state index contributed by atoms with van der Waals surface area (Å²) >= 11 is 11.9. The fraction of sp³-hybridized carbons (Fsp3) is 0.111. The second-order valence-corrected chi connectivity index (χ2v) is 6.47. The van der Waals surface area contributed by atoms with E-state index in [9.17, 15) is 22.8 Å². The van der Waals surface area contributed by atoms with Gasteiger partial charge in [0.25, 0.3) is 11.8 Å². The lowest BCUT2D eigenvalue weighted by atomic mass is 10.2. The summed E-state index contributed by atoms with van der Waals surface area (Å²) in [5, 5.41) is 2.54. The Morgan fingerprint density at radius 2 is 1.75 bits per heavy atom. The third-order valence-electron chi connectivity index (χ3n) is 3.88. The zero-order valence-electron chi connectivity index (χ0n) is 14.1. The Balaban J connectivity index is 1.97. The molecule has 146 valence electrons. The lowest BCUT2D eigenvalue weighted by molar-refractivity contribution is -0.137. The number of hydrogen-bond acceptors (Lipinski definition) is 4. The number of rotatable bonds is 4. The summed E-state index contributed by atoms with van der Waals surface area (Å²) < 4.78 is 44.0. The minimum Gasteiger partial charge on any atom is -0.495 e. The molecule has 1 heterocycles. The van der Waals surface area contributed by atoms with E-state index in [1.54, 1.807) is 6.07 Å². The van der Waals surface area contributed by atoms with Crippen molar-refractivity contribution in [2.75, 3.05) is 17.3 Å². The number of anilines is 2. The van der Waals surface area contributed by atoms with E-state index in [-0.39, 0.29) is 17.1 Å². The standard InChI is InChI=1S/C18H11Cl2F3N2O3/c1-28-13-6-5-10(19)8-12(13)24-15-14(20)16(26)25(17(15)27)11-4-2-3-9(7-11)18(21,22)23/h2-8,24H,1H3. The second kappa shape index (κ2) is 7.37. The predicted molar refractivity (Wildman–Crippen MR) is 98.4 cm³/mol. The minimum atomic E-state index is -4.63. The third kappa shape index (κ3) is 3.65. The van der Waals surface area contributed by atoms with Crippen LogP contribution in [0.1, 0.15) is 5.56 Å².